The van der Waals surface area contributed by atoms with Crippen molar-refractivity contribution in [1.29, 1.82) is 0 Å². The summed E-state index contributed by atoms with van der Waals surface area (Å²) >= 11 is 6.86. The minimum absolute atomic E-state index is 0.0318. The molecule has 0 spiro atoms. The van der Waals surface area contributed by atoms with E-state index in [1.54, 1.807) is 4.90 Å². The maximum atomic E-state index is 13.1. The Labute approximate surface area is 202 Å². The van der Waals surface area contributed by atoms with Gasteiger partial charge in [-0.05, 0) is 41.0 Å². The van der Waals surface area contributed by atoms with Gasteiger partial charge in [0.25, 0.3) is 5.91 Å². The van der Waals surface area contributed by atoms with Crippen molar-refractivity contribution >= 4 is 51.1 Å². The smallest absolute Gasteiger partial charge is 0.266 e. The zero-order valence-corrected chi connectivity index (χ0v) is 20.1. The number of carbonyl (C=O) groups excluding carboxylic acids is 1. The minimum atomic E-state index is -0.0318. The minimum Gasteiger partial charge on any atom is -0.293 e. The molecule has 1 amide bonds. The molecule has 0 saturated carbocycles. The van der Waals surface area contributed by atoms with Gasteiger partial charge in [0.1, 0.15) is 10.0 Å². The predicted octanol–water partition coefficient (Wildman–Crippen LogP) is 6.55. The molecule has 164 valence electrons. The molecule has 0 radical (unpaired) electrons. The average molecular weight is 470 g/mol. The molecular formula is C27H23N3OS2. The number of benzene rings is 3. The van der Waals surface area contributed by atoms with Gasteiger partial charge in [0.05, 0.1) is 10.6 Å². The summed E-state index contributed by atoms with van der Waals surface area (Å²) in [5.41, 5.74) is 3.69. The lowest BCUT2D eigenvalue weighted by Gasteiger charge is -2.16. The summed E-state index contributed by atoms with van der Waals surface area (Å²) in [4.78, 5) is 15.4. The zero-order chi connectivity index (χ0) is 22.9. The summed E-state index contributed by atoms with van der Waals surface area (Å²) in [6, 6.07) is 24.6. The monoisotopic (exact) mass is 469 g/mol. The fraction of sp³-hybridized carbons (Fsp3) is 0.148. The summed E-state index contributed by atoms with van der Waals surface area (Å²) in [7, 11) is 0. The lowest BCUT2D eigenvalue weighted by molar-refractivity contribution is -0.122. The van der Waals surface area contributed by atoms with Gasteiger partial charge < -0.3 is 0 Å². The second-order valence-corrected chi connectivity index (χ2v) is 10.1. The largest absolute Gasteiger partial charge is 0.293 e. The molecule has 0 N–H and O–H groups in total. The number of thiocarbonyl (C=S) groups is 1. The van der Waals surface area contributed by atoms with Crippen molar-refractivity contribution in [3.8, 4) is 16.9 Å². The van der Waals surface area contributed by atoms with Crippen molar-refractivity contribution in [2.45, 2.75) is 13.8 Å². The first kappa shape index (κ1) is 21.6. The topological polar surface area (TPSA) is 38.1 Å². The van der Waals surface area contributed by atoms with E-state index in [-0.39, 0.29) is 5.91 Å². The van der Waals surface area contributed by atoms with Crippen molar-refractivity contribution in [3.63, 3.8) is 0 Å². The summed E-state index contributed by atoms with van der Waals surface area (Å²) in [6.45, 7) is 4.80. The Morgan fingerprint density at radius 3 is 2.48 bits per heavy atom. The Balaban J connectivity index is 1.61. The Hall–Kier alpha value is -3.22. The molecule has 1 aliphatic heterocycles. The van der Waals surface area contributed by atoms with E-state index >= 15 is 0 Å². The van der Waals surface area contributed by atoms with Gasteiger partial charge >= 0.3 is 0 Å². The number of thioether (sulfide) groups is 1. The lowest BCUT2D eigenvalue weighted by Crippen LogP contribution is -2.31. The molecule has 1 aliphatic rings. The second kappa shape index (κ2) is 8.96. The Morgan fingerprint density at radius 1 is 1.00 bits per heavy atom. The van der Waals surface area contributed by atoms with Crippen molar-refractivity contribution in [2.24, 2.45) is 5.92 Å². The third-order valence-corrected chi connectivity index (χ3v) is 6.87. The highest BCUT2D eigenvalue weighted by Crippen LogP contribution is 2.35. The fourth-order valence-corrected chi connectivity index (χ4v) is 5.20. The number of amides is 1. The van der Waals surface area contributed by atoms with Crippen molar-refractivity contribution in [2.75, 3.05) is 6.54 Å². The van der Waals surface area contributed by atoms with Crippen LogP contribution in [0.15, 0.2) is 83.9 Å². The quantitative estimate of drug-likeness (QED) is 0.245. The van der Waals surface area contributed by atoms with Crippen LogP contribution >= 0.6 is 24.0 Å². The summed E-state index contributed by atoms with van der Waals surface area (Å²) < 4.78 is 2.48. The van der Waals surface area contributed by atoms with E-state index < -0.39 is 0 Å². The third-order valence-electron chi connectivity index (χ3n) is 5.49. The summed E-state index contributed by atoms with van der Waals surface area (Å²) in [6.07, 6.45) is 3.91. The Bertz CT molecular complexity index is 1390. The second-order valence-electron chi connectivity index (χ2n) is 8.46. The molecule has 1 aromatic heterocycles. The van der Waals surface area contributed by atoms with Crippen LogP contribution < -0.4 is 0 Å². The lowest BCUT2D eigenvalue weighted by atomic mass is 10.0. The van der Waals surface area contributed by atoms with Gasteiger partial charge in [-0.1, -0.05) is 92.4 Å². The van der Waals surface area contributed by atoms with E-state index in [4.69, 9.17) is 17.3 Å². The predicted molar refractivity (Wildman–Crippen MR) is 141 cm³/mol. The van der Waals surface area contributed by atoms with Gasteiger partial charge in [0.2, 0.25) is 0 Å². The van der Waals surface area contributed by atoms with Gasteiger partial charge in [-0.2, -0.15) is 5.10 Å². The number of carbonyl (C=O) groups is 1. The number of fused-ring (bicyclic) bond motifs is 1. The Morgan fingerprint density at radius 2 is 1.73 bits per heavy atom. The van der Waals surface area contributed by atoms with Crippen LogP contribution in [-0.2, 0) is 4.79 Å². The van der Waals surface area contributed by atoms with Gasteiger partial charge in [-0.15, -0.1) is 0 Å². The van der Waals surface area contributed by atoms with Crippen LogP contribution in [0, 0.1) is 5.92 Å². The van der Waals surface area contributed by atoms with Gasteiger partial charge in [0.15, 0.2) is 0 Å². The SMILES string of the molecule is CC(C)CN1C(=O)/C(=C/c2cn(-c3ccccc3)nc2-c2ccc3ccccc3c2)SC1=S. The molecule has 33 heavy (non-hydrogen) atoms. The number of hydrogen-bond acceptors (Lipinski definition) is 4. The van der Waals surface area contributed by atoms with E-state index in [9.17, 15) is 4.79 Å². The summed E-state index contributed by atoms with van der Waals surface area (Å²) in [5, 5.41) is 7.25. The first-order chi connectivity index (χ1) is 16.0. The molecule has 2 heterocycles. The van der Waals surface area contributed by atoms with E-state index in [1.165, 1.54) is 17.1 Å². The Kier molecular flexibility index (Phi) is 5.87. The van der Waals surface area contributed by atoms with Crippen molar-refractivity contribution in [3.05, 3.63) is 89.5 Å². The van der Waals surface area contributed by atoms with Crippen LogP contribution in [0.2, 0.25) is 0 Å². The molecule has 3 aromatic carbocycles. The molecule has 4 aromatic rings. The molecule has 0 bridgehead atoms. The highest BCUT2D eigenvalue weighted by molar-refractivity contribution is 8.26. The van der Waals surface area contributed by atoms with Crippen LogP contribution in [-0.4, -0.2) is 31.5 Å². The number of nitrogens with zero attached hydrogens (tertiary/aromatic N) is 3. The first-order valence-electron chi connectivity index (χ1n) is 10.9. The molecule has 4 nitrogen and oxygen atoms in total. The normalized spacial score (nSPS) is 15.4. The molecular weight excluding hydrogens is 446 g/mol. The zero-order valence-electron chi connectivity index (χ0n) is 18.4. The maximum Gasteiger partial charge on any atom is 0.266 e. The van der Waals surface area contributed by atoms with E-state index in [0.717, 1.165) is 27.9 Å². The van der Waals surface area contributed by atoms with E-state index in [2.05, 4.69) is 44.2 Å². The molecule has 0 atom stereocenters. The number of aromatic nitrogens is 2. The molecule has 5 rings (SSSR count). The maximum absolute atomic E-state index is 13.1. The molecule has 0 unspecified atom stereocenters. The van der Waals surface area contributed by atoms with Crippen molar-refractivity contribution < 1.29 is 4.79 Å². The molecule has 1 saturated heterocycles. The van der Waals surface area contributed by atoms with Gasteiger partial charge in [-0.25, -0.2) is 4.68 Å². The van der Waals surface area contributed by atoms with Crippen LogP contribution in [0.3, 0.4) is 0 Å². The van der Waals surface area contributed by atoms with Crippen LogP contribution in [0.1, 0.15) is 19.4 Å². The highest BCUT2D eigenvalue weighted by atomic mass is 32.2. The van der Waals surface area contributed by atoms with E-state index in [0.29, 0.717) is 21.7 Å². The van der Waals surface area contributed by atoms with E-state index in [1.807, 2.05) is 59.4 Å². The van der Waals surface area contributed by atoms with Crippen LogP contribution in [0.5, 0.6) is 0 Å². The number of rotatable bonds is 5. The molecule has 1 fully saturated rings. The molecule has 6 heteroatoms. The van der Waals surface area contributed by atoms with Gasteiger partial charge in [0, 0.05) is 23.9 Å². The third kappa shape index (κ3) is 4.36. The number of para-hydroxylation sites is 1. The number of hydrogen-bond donors (Lipinski definition) is 0. The van der Waals surface area contributed by atoms with Gasteiger partial charge in [-0.3, -0.25) is 9.69 Å². The van der Waals surface area contributed by atoms with Crippen LogP contribution in [0.25, 0.3) is 33.8 Å². The van der Waals surface area contributed by atoms with Crippen molar-refractivity contribution in [1.82, 2.24) is 14.7 Å². The van der Waals surface area contributed by atoms with Crippen LogP contribution in [0.4, 0.5) is 0 Å². The fourth-order valence-electron chi connectivity index (χ4n) is 3.93. The first-order valence-corrected chi connectivity index (χ1v) is 12.1. The molecule has 0 aliphatic carbocycles. The highest BCUT2D eigenvalue weighted by Gasteiger charge is 2.32. The average Bonchev–Trinajstić information content (AvgIpc) is 3.36. The summed E-state index contributed by atoms with van der Waals surface area (Å²) in [5.74, 6) is 0.316. The standard InChI is InChI=1S/C27H23N3OS2/c1-18(2)16-29-26(31)24(33-27(29)32)15-22-17-30(23-10-4-3-5-11-23)28-25(22)21-13-12-19-8-6-7-9-20(19)14-21/h3-15,17-18H,16H2,1-2H3/b24-15-.